The van der Waals surface area contributed by atoms with E-state index in [1.807, 2.05) is 56.0 Å². The normalized spacial score (nSPS) is 23.8. The van der Waals surface area contributed by atoms with Gasteiger partial charge in [0.15, 0.2) is 0 Å². The van der Waals surface area contributed by atoms with E-state index in [0.717, 1.165) is 5.56 Å². The first-order valence-electron chi connectivity index (χ1n) is 6.74. The molecule has 3 heteroatoms. The Bertz CT molecular complexity index is 471. The third-order valence-electron chi connectivity index (χ3n) is 3.33. The summed E-state index contributed by atoms with van der Waals surface area (Å²) in [6, 6.07) is 8.04. The summed E-state index contributed by atoms with van der Waals surface area (Å²) in [4.78, 5) is 14.0. The number of aryl methyl sites for hydroxylation is 1. The first kappa shape index (κ1) is 13.8. The predicted octanol–water partition coefficient (Wildman–Crippen LogP) is 2.64. The Morgan fingerprint density at radius 3 is 2.53 bits per heavy atom. The zero-order valence-electron chi connectivity index (χ0n) is 11.8. The van der Waals surface area contributed by atoms with Crippen molar-refractivity contribution < 1.29 is 9.53 Å². The van der Waals surface area contributed by atoms with Crippen LogP contribution in [0.15, 0.2) is 30.3 Å². The van der Waals surface area contributed by atoms with Gasteiger partial charge in [-0.2, -0.15) is 0 Å². The van der Waals surface area contributed by atoms with Gasteiger partial charge in [-0.1, -0.05) is 24.3 Å². The highest BCUT2D eigenvalue weighted by atomic mass is 16.5. The molecule has 1 saturated heterocycles. The first-order valence-corrected chi connectivity index (χ1v) is 6.74. The zero-order valence-corrected chi connectivity index (χ0v) is 11.8. The van der Waals surface area contributed by atoms with E-state index < -0.39 is 0 Å². The number of morpholine rings is 1. The number of benzene rings is 1. The van der Waals surface area contributed by atoms with E-state index in [4.69, 9.17) is 4.74 Å². The number of rotatable bonds is 2. The van der Waals surface area contributed by atoms with Crippen molar-refractivity contribution in [3.63, 3.8) is 0 Å². The number of ether oxygens (including phenoxy) is 1. The Morgan fingerprint density at radius 2 is 1.89 bits per heavy atom. The maximum Gasteiger partial charge on any atom is 0.246 e. The molecule has 0 aromatic heterocycles. The summed E-state index contributed by atoms with van der Waals surface area (Å²) < 4.78 is 5.63. The van der Waals surface area contributed by atoms with Crippen molar-refractivity contribution in [1.82, 2.24) is 4.90 Å². The van der Waals surface area contributed by atoms with Crippen molar-refractivity contribution in [3.05, 3.63) is 41.5 Å². The topological polar surface area (TPSA) is 29.5 Å². The van der Waals surface area contributed by atoms with Gasteiger partial charge in [-0.3, -0.25) is 4.79 Å². The summed E-state index contributed by atoms with van der Waals surface area (Å²) in [5, 5.41) is 0. The average Bonchev–Trinajstić information content (AvgIpc) is 2.36. The third kappa shape index (κ3) is 3.67. The van der Waals surface area contributed by atoms with E-state index >= 15 is 0 Å². The fraction of sp³-hybridized carbons (Fsp3) is 0.438. The van der Waals surface area contributed by atoms with E-state index in [0.29, 0.717) is 13.1 Å². The molecule has 1 heterocycles. The van der Waals surface area contributed by atoms with Crippen LogP contribution in [0.3, 0.4) is 0 Å². The smallest absolute Gasteiger partial charge is 0.246 e. The third-order valence-corrected chi connectivity index (χ3v) is 3.33. The van der Waals surface area contributed by atoms with Crippen LogP contribution in [0.2, 0.25) is 0 Å². The molecule has 1 aliphatic heterocycles. The molecule has 0 aliphatic carbocycles. The maximum atomic E-state index is 12.2. The van der Waals surface area contributed by atoms with Crippen molar-refractivity contribution in [1.29, 1.82) is 0 Å². The van der Waals surface area contributed by atoms with Crippen LogP contribution in [0.4, 0.5) is 0 Å². The van der Waals surface area contributed by atoms with Gasteiger partial charge in [-0.05, 0) is 38.0 Å². The van der Waals surface area contributed by atoms with Gasteiger partial charge in [0.1, 0.15) is 0 Å². The number of nitrogens with zero attached hydrogens (tertiary/aromatic N) is 1. The number of carbonyl (C=O) groups excluding carboxylic acids is 1. The van der Waals surface area contributed by atoms with Crippen LogP contribution in [0.25, 0.3) is 6.08 Å². The largest absolute Gasteiger partial charge is 0.372 e. The molecule has 19 heavy (non-hydrogen) atoms. The van der Waals surface area contributed by atoms with Crippen molar-refractivity contribution >= 4 is 12.0 Å². The SMILES string of the molecule is Cc1ccccc1/C=C/C(=O)N1C[C@@H](C)O[C@H](C)C1. The number of amides is 1. The van der Waals surface area contributed by atoms with Gasteiger partial charge in [-0.15, -0.1) is 0 Å². The highest BCUT2D eigenvalue weighted by molar-refractivity contribution is 5.92. The Hall–Kier alpha value is -1.61. The molecule has 0 spiro atoms. The molecule has 0 saturated carbocycles. The van der Waals surface area contributed by atoms with Gasteiger partial charge < -0.3 is 9.64 Å². The van der Waals surface area contributed by atoms with Crippen molar-refractivity contribution in [2.24, 2.45) is 0 Å². The van der Waals surface area contributed by atoms with Crippen LogP contribution in [0, 0.1) is 6.92 Å². The second-order valence-electron chi connectivity index (χ2n) is 5.19. The second kappa shape index (κ2) is 6.02. The molecular weight excluding hydrogens is 238 g/mol. The molecule has 1 aliphatic rings. The van der Waals surface area contributed by atoms with E-state index in [2.05, 4.69) is 0 Å². The van der Waals surface area contributed by atoms with Crippen LogP contribution in [-0.2, 0) is 9.53 Å². The quantitative estimate of drug-likeness (QED) is 0.764. The van der Waals surface area contributed by atoms with Gasteiger partial charge >= 0.3 is 0 Å². The Morgan fingerprint density at radius 1 is 1.26 bits per heavy atom. The number of hydrogen-bond donors (Lipinski definition) is 0. The summed E-state index contributed by atoms with van der Waals surface area (Å²) in [5.41, 5.74) is 2.26. The fourth-order valence-corrected chi connectivity index (χ4v) is 2.40. The van der Waals surface area contributed by atoms with Crippen molar-refractivity contribution in [3.8, 4) is 0 Å². The molecule has 0 N–H and O–H groups in total. The molecule has 0 unspecified atom stereocenters. The lowest BCUT2D eigenvalue weighted by atomic mass is 10.1. The Balaban J connectivity index is 2.03. The molecule has 1 aromatic rings. The monoisotopic (exact) mass is 259 g/mol. The number of hydrogen-bond acceptors (Lipinski definition) is 2. The Labute approximate surface area is 114 Å². The average molecular weight is 259 g/mol. The Kier molecular flexibility index (Phi) is 4.38. The molecule has 102 valence electrons. The van der Waals surface area contributed by atoms with Crippen LogP contribution < -0.4 is 0 Å². The van der Waals surface area contributed by atoms with Gasteiger partial charge in [0.2, 0.25) is 5.91 Å². The second-order valence-corrected chi connectivity index (χ2v) is 5.19. The maximum absolute atomic E-state index is 12.2. The molecular formula is C16H21NO2. The molecule has 3 nitrogen and oxygen atoms in total. The highest BCUT2D eigenvalue weighted by Crippen LogP contribution is 2.13. The van der Waals surface area contributed by atoms with Crippen LogP contribution >= 0.6 is 0 Å². The number of carbonyl (C=O) groups is 1. The van der Waals surface area contributed by atoms with Gasteiger partial charge in [-0.25, -0.2) is 0 Å². The first-order chi connectivity index (χ1) is 9.06. The van der Waals surface area contributed by atoms with Gasteiger partial charge in [0.05, 0.1) is 12.2 Å². The van der Waals surface area contributed by atoms with Gasteiger partial charge in [0, 0.05) is 19.2 Å². The summed E-state index contributed by atoms with van der Waals surface area (Å²) in [6.45, 7) is 7.38. The van der Waals surface area contributed by atoms with Crippen LogP contribution in [-0.4, -0.2) is 36.1 Å². The minimum Gasteiger partial charge on any atom is -0.372 e. The molecule has 0 bridgehead atoms. The lowest BCUT2D eigenvalue weighted by Gasteiger charge is -2.34. The molecule has 2 atom stereocenters. The minimum absolute atomic E-state index is 0.0604. The standard InChI is InChI=1S/C16H21NO2/c1-12-6-4-5-7-15(12)8-9-16(18)17-10-13(2)19-14(3)11-17/h4-9,13-14H,10-11H2,1-3H3/b9-8+/t13-,14-/m1/s1. The molecule has 1 aromatic carbocycles. The summed E-state index contributed by atoms with van der Waals surface area (Å²) >= 11 is 0. The van der Waals surface area contributed by atoms with Crippen LogP contribution in [0.1, 0.15) is 25.0 Å². The van der Waals surface area contributed by atoms with Crippen molar-refractivity contribution in [2.75, 3.05) is 13.1 Å². The molecule has 0 radical (unpaired) electrons. The van der Waals surface area contributed by atoms with E-state index in [1.54, 1.807) is 6.08 Å². The van der Waals surface area contributed by atoms with Crippen molar-refractivity contribution in [2.45, 2.75) is 33.0 Å². The van der Waals surface area contributed by atoms with E-state index in [1.165, 1.54) is 5.56 Å². The van der Waals surface area contributed by atoms with E-state index in [-0.39, 0.29) is 18.1 Å². The summed E-state index contributed by atoms with van der Waals surface area (Å²) in [5.74, 6) is 0.0604. The molecule has 2 rings (SSSR count). The summed E-state index contributed by atoms with van der Waals surface area (Å²) in [6.07, 6.45) is 3.77. The highest BCUT2D eigenvalue weighted by Gasteiger charge is 2.24. The van der Waals surface area contributed by atoms with E-state index in [9.17, 15) is 4.79 Å². The minimum atomic E-state index is 0.0604. The lowest BCUT2D eigenvalue weighted by molar-refractivity contribution is -0.137. The van der Waals surface area contributed by atoms with Crippen LogP contribution in [0.5, 0.6) is 0 Å². The zero-order chi connectivity index (χ0) is 13.8. The molecule has 1 fully saturated rings. The summed E-state index contributed by atoms with van der Waals surface area (Å²) in [7, 11) is 0. The lowest BCUT2D eigenvalue weighted by Crippen LogP contribution is -2.47. The fourth-order valence-electron chi connectivity index (χ4n) is 2.40. The van der Waals surface area contributed by atoms with Gasteiger partial charge in [0.25, 0.3) is 0 Å². The molecule has 1 amide bonds. The predicted molar refractivity (Wildman–Crippen MR) is 76.8 cm³/mol.